The lowest BCUT2D eigenvalue weighted by molar-refractivity contribution is -0.385. The molecule has 0 fully saturated rings. The normalized spacial score (nSPS) is 13.4. The predicted octanol–water partition coefficient (Wildman–Crippen LogP) is 3.30. The largest absolute Gasteiger partial charge is 0.327 e. The van der Waals surface area contributed by atoms with Gasteiger partial charge in [0.2, 0.25) is 0 Å². The summed E-state index contributed by atoms with van der Waals surface area (Å²) in [4.78, 5) is 10.3. The molecule has 0 heterocycles. The molecule has 1 rings (SSSR count). The Balaban J connectivity index is 3.15. The van der Waals surface area contributed by atoms with Crippen LogP contribution >= 0.6 is 11.6 Å². The minimum atomic E-state index is -0.668. The Morgan fingerprint density at radius 2 is 2.06 bits per heavy atom. The molecule has 2 N–H and O–H groups in total. The molecular formula is C12H16ClFN2O2. The van der Waals surface area contributed by atoms with Gasteiger partial charge in [0.05, 0.1) is 9.95 Å². The third-order valence-corrected chi connectivity index (χ3v) is 3.16. The van der Waals surface area contributed by atoms with Gasteiger partial charge in [-0.05, 0) is 17.9 Å². The smallest absolute Gasteiger partial charge is 0.274 e. The number of halogens is 2. The van der Waals surface area contributed by atoms with Crippen molar-refractivity contribution in [2.75, 3.05) is 0 Å². The molecule has 0 aliphatic heterocycles. The molecule has 0 saturated carbocycles. The SMILES string of the molecule is CC(C)(C)C(N)Cc1cc(F)c(Cl)cc1[N+](=O)[O-]. The summed E-state index contributed by atoms with van der Waals surface area (Å²) in [5, 5.41) is 10.6. The van der Waals surface area contributed by atoms with Gasteiger partial charge in [-0.2, -0.15) is 0 Å². The van der Waals surface area contributed by atoms with Crippen LogP contribution < -0.4 is 5.73 Å². The highest BCUT2D eigenvalue weighted by molar-refractivity contribution is 6.31. The summed E-state index contributed by atoms with van der Waals surface area (Å²) in [5.41, 5.74) is 5.82. The van der Waals surface area contributed by atoms with E-state index < -0.39 is 10.7 Å². The predicted molar refractivity (Wildman–Crippen MR) is 69.2 cm³/mol. The molecular weight excluding hydrogens is 259 g/mol. The standard InChI is InChI=1S/C12H16ClFN2O2/c1-12(2,3)11(15)5-7-4-9(14)8(13)6-10(7)16(17)18/h4,6,11H,5,15H2,1-3H3. The first kappa shape index (κ1) is 14.9. The number of nitro groups is 1. The average molecular weight is 275 g/mol. The first-order valence-corrected chi connectivity index (χ1v) is 5.88. The second-order valence-corrected chi connectivity index (χ2v) is 5.74. The first-order valence-electron chi connectivity index (χ1n) is 5.51. The van der Waals surface area contributed by atoms with Crippen LogP contribution in [-0.2, 0) is 6.42 Å². The molecule has 100 valence electrons. The van der Waals surface area contributed by atoms with Crippen molar-refractivity contribution in [2.24, 2.45) is 11.1 Å². The number of nitro benzene ring substituents is 1. The molecule has 1 aromatic rings. The summed E-state index contributed by atoms with van der Waals surface area (Å²) in [6.45, 7) is 5.78. The van der Waals surface area contributed by atoms with Crippen molar-refractivity contribution in [3.05, 3.63) is 38.7 Å². The minimum absolute atomic E-state index is 0.193. The molecule has 1 atom stereocenters. The summed E-state index contributed by atoms with van der Waals surface area (Å²) in [6.07, 6.45) is 0.230. The topological polar surface area (TPSA) is 69.2 Å². The highest BCUT2D eigenvalue weighted by Gasteiger charge is 2.25. The van der Waals surface area contributed by atoms with Crippen molar-refractivity contribution in [1.82, 2.24) is 0 Å². The van der Waals surface area contributed by atoms with E-state index in [2.05, 4.69) is 0 Å². The van der Waals surface area contributed by atoms with Crippen LogP contribution in [-0.4, -0.2) is 11.0 Å². The summed E-state index contributed by atoms with van der Waals surface area (Å²) >= 11 is 5.55. The van der Waals surface area contributed by atoms with E-state index in [4.69, 9.17) is 17.3 Å². The Hall–Kier alpha value is -1.20. The number of hydrogen-bond acceptors (Lipinski definition) is 3. The quantitative estimate of drug-likeness (QED) is 0.679. The van der Waals surface area contributed by atoms with E-state index >= 15 is 0 Å². The van der Waals surface area contributed by atoms with Crippen LogP contribution in [0.2, 0.25) is 5.02 Å². The molecule has 0 aliphatic carbocycles. The maximum absolute atomic E-state index is 13.4. The van der Waals surface area contributed by atoms with Gasteiger partial charge in [0.25, 0.3) is 5.69 Å². The Morgan fingerprint density at radius 1 is 1.50 bits per heavy atom. The Morgan fingerprint density at radius 3 is 2.50 bits per heavy atom. The minimum Gasteiger partial charge on any atom is -0.327 e. The molecule has 0 saturated heterocycles. The number of nitrogens with two attached hydrogens (primary N) is 1. The number of nitrogens with zero attached hydrogens (tertiary/aromatic N) is 1. The van der Waals surface area contributed by atoms with E-state index in [1.807, 2.05) is 20.8 Å². The van der Waals surface area contributed by atoms with Gasteiger partial charge >= 0.3 is 0 Å². The lowest BCUT2D eigenvalue weighted by atomic mass is 9.83. The molecule has 0 radical (unpaired) electrons. The molecule has 6 heteroatoms. The third kappa shape index (κ3) is 3.40. The van der Waals surface area contributed by atoms with E-state index in [0.717, 1.165) is 12.1 Å². The third-order valence-electron chi connectivity index (χ3n) is 2.87. The van der Waals surface area contributed by atoms with E-state index in [9.17, 15) is 14.5 Å². The second kappa shape index (κ2) is 5.20. The van der Waals surface area contributed by atoms with Gasteiger partial charge in [0, 0.05) is 17.7 Å². The molecule has 1 unspecified atom stereocenters. The Labute approximate surface area is 110 Å². The summed E-state index contributed by atoms with van der Waals surface area (Å²) < 4.78 is 13.4. The fourth-order valence-electron chi connectivity index (χ4n) is 1.45. The Kier molecular flexibility index (Phi) is 4.29. The fraction of sp³-hybridized carbons (Fsp3) is 0.500. The van der Waals surface area contributed by atoms with Gasteiger partial charge in [0.1, 0.15) is 5.82 Å². The van der Waals surface area contributed by atoms with Gasteiger partial charge < -0.3 is 5.73 Å². The van der Waals surface area contributed by atoms with Crippen molar-refractivity contribution < 1.29 is 9.31 Å². The van der Waals surface area contributed by atoms with Crippen LogP contribution in [0.4, 0.5) is 10.1 Å². The summed E-state index contributed by atoms with van der Waals surface area (Å²) in [7, 11) is 0. The van der Waals surface area contributed by atoms with Crippen LogP contribution in [0.5, 0.6) is 0 Å². The molecule has 18 heavy (non-hydrogen) atoms. The Bertz CT molecular complexity index is 472. The fourth-order valence-corrected chi connectivity index (χ4v) is 1.61. The molecule has 4 nitrogen and oxygen atoms in total. The number of hydrogen-bond donors (Lipinski definition) is 1. The molecule has 0 amide bonds. The van der Waals surface area contributed by atoms with Crippen LogP contribution in [0, 0.1) is 21.3 Å². The number of rotatable bonds is 3. The molecule has 0 aromatic heterocycles. The molecule has 0 bridgehead atoms. The average Bonchev–Trinajstić information content (AvgIpc) is 2.21. The van der Waals surface area contributed by atoms with Crippen LogP contribution in [0.15, 0.2) is 12.1 Å². The zero-order valence-corrected chi connectivity index (χ0v) is 11.3. The van der Waals surface area contributed by atoms with E-state index in [0.29, 0.717) is 0 Å². The monoisotopic (exact) mass is 274 g/mol. The van der Waals surface area contributed by atoms with Crippen molar-refractivity contribution >= 4 is 17.3 Å². The van der Waals surface area contributed by atoms with Crippen LogP contribution in [0.3, 0.4) is 0 Å². The number of benzene rings is 1. The summed E-state index contributed by atoms with van der Waals surface area (Å²) in [5.74, 6) is -0.668. The van der Waals surface area contributed by atoms with Crippen molar-refractivity contribution in [3.63, 3.8) is 0 Å². The van der Waals surface area contributed by atoms with Crippen LogP contribution in [0.1, 0.15) is 26.3 Å². The second-order valence-electron chi connectivity index (χ2n) is 5.33. The lowest BCUT2D eigenvalue weighted by Gasteiger charge is -2.27. The highest BCUT2D eigenvalue weighted by Crippen LogP contribution is 2.29. The van der Waals surface area contributed by atoms with Gasteiger partial charge in [-0.1, -0.05) is 32.4 Å². The maximum Gasteiger partial charge on any atom is 0.274 e. The van der Waals surface area contributed by atoms with Crippen LogP contribution in [0.25, 0.3) is 0 Å². The van der Waals surface area contributed by atoms with Crippen molar-refractivity contribution in [3.8, 4) is 0 Å². The molecule has 0 aliphatic rings. The highest BCUT2D eigenvalue weighted by atomic mass is 35.5. The zero-order valence-electron chi connectivity index (χ0n) is 10.5. The molecule has 0 spiro atoms. The van der Waals surface area contributed by atoms with Gasteiger partial charge in [0.15, 0.2) is 0 Å². The first-order chi connectivity index (χ1) is 8.12. The van der Waals surface area contributed by atoms with E-state index in [-0.39, 0.29) is 34.2 Å². The molecule has 1 aromatic carbocycles. The summed E-state index contributed by atoms with van der Waals surface area (Å²) in [6, 6.07) is 1.81. The van der Waals surface area contributed by atoms with Gasteiger partial charge in [-0.3, -0.25) is 10.1 Å². The van der Waals surface area contributed by atoms with Crippen molar-refractivity contribution in [1.29, 1.82) is 0 Å². The van der Waals surface area contributed by atoms with E-state index in [1.54, 1.807) is 0 Å². The van der Waals surface area contributed by atoms with Gasteiger partial charge in [-0.25, -0.2) is 4.39 Å². The lowest BCUT2D eigenvalue weighted by Crippen LogP contribution is -2.37. The van der Waals surface area contributed by atoms with E-state index in [1.165, 1.54) is 0 Å². The maximum atomic E-state index is 13.4. The zero-order chi connectivity index (χ0) is 14.1. The van der Waals surface area contributed by atoms with Gasteiger partial charge in [-0.15, -0.1) is 0 Å². The van der Waals surface area contributed by atoms with Crippen molar-refractivity contribution in [2.45, 2.75) is 33.2 Å².